The molecule has 1 atom stereocenters. The Morgan fingerprint density at radius 3 is 2.96 bits per heavy atom. The maximum absolute atomic E-state index is 12.7. The molecule has 8 heteroatoms. The average Bonchev–Trinajstić information content (AvgIpc) is 3.27. The Morgan fingerprint density at radius 1 is 1.31 bits per heavy atom. The number of anilines is 1. The van der Waals surface area contributed by atoms with Gasteiger partial charge in [0.05, 0.1) is 18.3 Å². The zero-order valence-corrected chi connectivity index (χ0v) is 14.6. The number of carbonyl (C=O) groups excluding carboxylic acids is 2. The SMILES string of the molecule is O=C(CC[C@H]1Nc2c3ccccc3nc(=S)n2C1=O)NCc1ccco1. The summed E-state index contributed by atoms with van der Waals surface area (Å²) in [6.45, 7) is 0.331. The summed E-state index contributed by atoms with van der Waals surface area (Å²) in [5.74, 6) is 1.01. The highest BCUT2D eigenvalue weighted by molar-refractivity contribution is 7.71. The van der Waals surface area contributed by atoms with Gasteiger partial charge >= 0.3 is 0 Å². The molecule has 1 aromatic carbocycles. The molecule has 7 nitrogen and oxygen atoms in total. The van der Waals surface area contributed by atoms with Crippen molar-refractivity contribution in [3.63, 3.8) is 0 Å². The van der Waals surface area contributed by atoms with E-state index in [1.165, 1.54) is 4.57 Å². The van der Waals surface area contributed by atoms with Crippen molar-refractivity contribution in [1.29, 1.82) is 0 Å². The number of amides is 1. The molecule has 3 aromatic rings. The molecule has 132 valence electrons. The van der Waals surface area contributed by atoms with Gasteiger partial charge in [-0.3, -0.25) is 9.59 Å². The second-order valence-corrected chi connectivity index (χ2v) is 6.39. The molecule has 3 heterocycles. The Bertz CT molecular complexity index is 1040. The molecule has 4 rings (SSSR count). The number of fused-ring (bicyclic) bond motifs is 3. The van der Waals surface area contributed by atoms with Gasteiger partial charge in [0.1, 0.15) is 17.6 Å². The summed E-state index contributed by atoms with van der Waals surface area (Å²) in [5, 5.41) is 6.81. The maximum Gasteiger partial charge on any atom is 0.257 e. The van der Waals surface area contributed by atoms with Crippen LogP contribution in [0.1, 0.15) is 23.4 Å². The van der Waals surface area contributed by atoms with Crippen molar-refractivity contribution in [3.8, 4) is 0 Å². The number of hydrogen-bond donors (Lipinski definition) is 2. The van der Waals surface area contributed by atoms with E-state index in [0.717, 1.165) is 10.9 Å². The second-order valence-electron chi connectivity index (χ2n) is 6.03. The minimum Gasteiger partial charge on any atom is -0.467 e. The average molecular weight is 368 g/mol. The number of para-hydroxylation sites is 1. The summed E-state index contributed by atoms with van der Waals surface area (Å²) in [6.07, 6.45) is 2.15. The van der Waals surface area contributed by atoms with Gasteiger partial charge in [-0.15, -0.1) is 0 Å². The first-order chi connectivity index (χ1) is 12.6. The lowest BCUT2D eigenvalue weighted by atomic mass is 10.1. The van der Waals surface area contributed by atoms with Crippen LogP contribution in [0, 0.1) is 4.77 Å². The summed E-state index contributed by atoms with van der Waals surface area (Å²) in [5.41, 5.74) is 0.737. The lowest BCUT2D eigenvalue weighted by Crippen LogP contribution is -2.29. The first kappa shape index (κ1) is 16.5. The number of rotatable bonds is 5. The molecule has 1 aliphatic rings. The van der Waals surface area contributed by atoms with Crippen molar-refractivity contribution in [2.24, 2.45) is 0 Å². The first-order valence-electron chi connectivity index (χ1n) is 8.25. The van der Waals surface area contributed by atoms with Crippen LogP contribution in [-0.2, 0) is 11.3 Å². The molecule has 2 aromatic heterocycles. The van der Waals surface area contributed by atoms with E-state index in [1.807, 2.05) is 24.3 Å². The molecular weight excluding hydrogens is 352 g/mol. The largest absolute Gasteiger partial charge is 0.467 e. The van der Waals surface area contributed by atoms with E-state index in [0.29, 0.717) is 24.5 Å². The smallest absolute Gasteiger partial charge is 0.257 e. The summed E-state index contributed by atoms with van der Waals surface area (Å²) in [7, 11) is 0. The molecule has 0 saturated heterocycles. The minimum absolute atomic E-state index is 0.140. The van der Waals surface area contributed by atoms with Crippen LogP contribution < -0.4 is 10.6 Å². The molecule has 0 saturated carbocycles. The fourth-order valence-electron chi connectivity index (χ4n) is 3.03. The molecule has 0 fully saturated rings. The molecule has 0 aliphatic carbocycles. The minimum atomic E-state index is -0.501. The standard InChI is InChI=1S/C18H16N4O3S/c23-15(19-10-11-4-3-9-25-11)8-7-14-17(24)22-16(20-14)12-5-1-2-6-13(12)21-18(22)26/h1-6,9,14,20H,7-8,10H2,(H,19,23)/t14-/m1/s1. The van der Waals surface area contributed by atoms with E-state index in [9.17, 15) is 9.59 Å². The van der Waals surface area contributed by atoms with Gasteiger partial charge in [0.15, 0.2) is 0 Å². The Labute approximate surface area is 154 Å². The van der Waals surface area contributed by atoms with E-state index in [1.54, 1.807) is 18.4 Å². The third kappa shape index (κ3) is 2.99. The summed E-state index contributed by atoms with van der Waals surface area (Å²) < 4.78 is 6.82. The molecule has 0 spiro atoms. The maximum atomic E-state index is 12.7. The van der Waals surface area contributed by atoms with Gasteiger partial charge < -0.3 is 15.1 Å². The molecule has 1 amide bonds. The van der Waals surface area contributed by atoms with Gasteiger partial charge in [0.25, 0.3) is 5.91 Å². The van der Waals surface area contributed by atoms with E-state index >= 15 is 0 Å². The third-order valence-corrected chi connectivity index (χ3v) is 4.59. The van der Waals surface area contributed by atoms with Crippen molar-refractivity contribution in [1.82, 2.24) is 14.9 Å². The predicted molar refractivity (Wildman–Crippen MR) is 98.4 cm³/mol. The molecule has 26 heavy (non-hydrogen) atoms. The topological polar surface area (TPSA) is 89.2 Å². The molecule has 0 unspecified atom stereocenters. The molecule has 0 bridgehead atoms. The Hall–Kier alpha value is -3.00. The van der Waals surface area contributed by atoms with Gasteiger partial charge in [-0.2, -0.15) is 0 Å². The highest BCUT2D eigenvalue weighted by atomic mass is 32.1. The number of nitrogens with one attached hydrogen (secondary N) is 2. The quantitative estimate of drug-likeness (QED) is 0.673. The Kier molecular flexibility index (Phi) is 4.26. The zero-order chi connectivity index (χ0) is 18.1. The van der Waals surface area contributed by atoms with Crippen molar-refractivity contribution in [3.05, 3.63) is 53.2 Å². The summed E-state index contributed by atoms with van der Waals surface area (Å²) in [4.78, 5) is 29.0. The van der Waals surface area contributed by atoms with Crippen LogP contribution in [0.15, 0.2) is 47.1 Å². The van der Waals surface area contributed by atoms with E-state index < -0.39 is 6.04 Å². The van der Waals surface area contributed by atoms with Crippen molar-refractivity contribution in [2.45, 2.75) is 25.4 Å². The van der Waals surface area contributed by atoms with Crippen LogP contribution in [0.25, 0.3) is 10.9 Å². The number of aromatic nitrogens is 2. The lowest BCUT2D eigenvalue weighted by Gasteiger charge is -2.09. The van der Waals surface area contributed by atoms with Crippen LogP contribution in [0.3, 0.4) is 0 Å². The van der Waals surface area contributed by atoms with E-state index in [-0.39, 0.29) is 23.0 Å². The summed E-state index contributed by atoms with van der Waals surface area (Å²) >= 11 is 5.26. The van der Waals surface area contributed by atoms with E-state index in [4.69, 9.17) is 16.6 Å². The fourth-order valence-corrected chi connectivity index (χ4v) is 3.31. The molecule has 1 aliphatic heterocycles. The lowest BCUT2D eigenvalue weighted by molar-refractivity contribution is -0.121. The van der Waals surface area contributed by atoms with Gasteiger partial charge in [-0.25, -0.2) is 9.55 Å². The van der Waals surface area contributed by atoms with Crippen LogP contribution in [0.5, 0.6) is 0 Å². The van der Waals surface area contributed by atoms with Crippen molar-refractivity contribution in [2.75, 3.05) is 5.32 Å². The van der Waals surface area contributed by atoms with Crippen LogP contribution in [-0.4, -0.2) is 27.4 Å². The second kappa shape index (κ2) is 6.72. The van der Waals surface area contributed by atoms with Gasteiger partial charge in [-0.1, -0.05) is 12.1 Å². The Balaban J connectivity index is 1.45. The first-order valence-corrected chi connectivity index (χ1v) is 8.66. The Morgan fingerprint density at radius 2 is 2.15 bits per heavy atom. The van der Waals surface area contributed by atoms with Gasteiger partial charge in [0, 0.05) is 11.8 Å². The van der Waals surface area contributed by atoms with Crippen LogP contribution in [0.2, 0.25) is 0 Å². The highest BCUT2D eigenvalue weighted by Gasteiger charge is 2.31. The van der Waals surface area contributed by atoms with Gasteiger partial charge in [-0.05, 0) is 42.9 Å². The monoisotopic (exact) mass is 368 g/mol. The normalized spacial score (nSPS) is 15.7. The number of carbonyl (C=O) groups is 2. The number of furan rings is 1. The fraction of sp³-hybridized carbons (Fsp3) is 0.222. The zero-order valence-electron chi connectivity index (χ0n) is 13.8. The third-order valence-electron chi connectivity index (χ3n) is 4.32. The van der Waals surface area contributed by atoms with Crippen molar-refractivity contribution < 1.29 is 14.0 Å². The number of benzene rings is 1. The van der Waals surface area contributed by atoms with Crippen molar-refractivity contribution >= 4 is 40.8 Å². The van der Waals surface area contributed by atoms with E-state index in [2.05, 4.69) is 15.6 Å². The highest BCUT2D eigenvalue weighted by Crippen LogP contribution is 2.29. The predicted octanol–water partition coefficient (Wildman–Crippen LogP) is 2.89. The summed E-state index contributed by atoms with van der Waals surface area (Å²) in [6, 6.07) is 10.6. The molecular formula is C18H16N4O3S. The number of nitrogens with zero attached hydrogens (tertiary/aromatic N) is 2. The number of hydrogen-bond acceptors (Lipinski definition) is 6. The van der Waals surface area contributed by atoms with Gasteiger partial charge in [0.2, 0.25) is 10.7 Å². The van der Waals surface area contributed by atoms with Crippen LogP contribution in [0.4, 0.5) is 5.82 Å². The molecule has 0 radical (unpaired) electrons. The van der Waals surface area contributed by atoms with Crippen LogP contribution >= 0.6 is 12.2 Å². The molecule has 2 N–H and O–H groups in total.